The number of hydrogen-bond acceptors (Lipinski definition) is 4. The molecule has 0 radical (unpaired) electrons. The van der Waals surface area contributed by atoms with E-state index in [-0.39, 0.29) is 16.9 Å². The highest BCUT2D eigenvalue weighted by Gasteiger charge is 2.23. The maximum Gasteiger partial charge on any atom is 0.280 e. The van der Waals surface area contributed by atoms with Gasteiger partial charge in [0.25, 0.3) is 11.5 Å². The number of aromatic nitrogens is 3. The van der Waals surface area contributed by atoms with Gasteiger partial charge in [0.05, 0.1) is 21.6 Å². The maximum absolute atomic E-state index is 13.3. The highest BCUT2D eigenvalue weighted by molar-refractivity contribution is 6.36. The van der Waals surface area contributed by atoms with Crippen molar-refractivity contribution in [3.05, 3.63) is 98.3 Å². The lowest BCUT2D eigenvalue weighted by atomic mass is 10.1. The van der Waals surface area contributed by atoms with E-state index < -0.39 is 11.5 Å². The Morgan fingerprint density at radius 2 is 1.85 bits per heavy atom. The zero-order chi connectivity index (χ0) is 23.1. The van der Waals surface area contributed by atoms with Crippen molar-refractivity contribution in [2.45, 2.75) is 6.61 Å². The van der Waals surface area contributed by atoms with Crippen LogP contribution in [0.1, 0.15) is 15.9 Å². The molecule has 0 aliphatic carbocycles. The molecule has 1 amide bonds. The number of ether oxygens (including phenoxy) is 1. The Morgan fingerprint density at radius 3 is 2.58 bits per heavy atom. The molecule has 0 saturated carbocycles. The first kappa shape index (κ1) is 21.1. The van der Waals surface area contributed by atoms with E-state index >= 15 is 0 Å². The lowest BCUT2D eigenvalue weighted by Crippen LogP contribution is -2.17. The summed E-state index contributed by atoms with van der Waals surface area (Å²) in [5.41, 5.74) is 7.57. The van der Waals surface area contributed by atoms with E-state index in [9.17, 15) is 9.59 Å². The number of carbonyl (C=O) groups is 1. The molecule has 0 saturated heterocycles. The number of nitrogens with two attached hydrogens (primary N) is 1. The van der Waals surface area contributed by atoms with Crippen molar-refractivity contribution in [3.8, 4) is 17.0 Å². The molecular formula is C24H16Cl2N4O3. The average molecular weight is 479 g/mol. The van der Waals surface area contributed by atoms with Crippen LogP contribution in [0.3, 0.4) is 0 Å². The van der Waals surface area contributed by atoms with Crippen molar-refractivity contribution in [3.63, 3.8) is 0 Å². The molecule has 0 fully saturated rings. The summed E-state index contributed by atoms with van der Waals surface area (Å²) < 4.78 is 7.02. The Bertz CT molecular complexity index is 1590. The Morgan fingerprint density at radius 1 is 1.06 bits per heavy atom. The molecule has 0 spiro atoms. The van der Waals surface area contributed by atoms with E-state index in [2.05, 4.69) is 10.1 Å². The lowest BCUT2D eigenvalue weighted by molar-refractivity contribution is 0.100. The number of H-pyrrole nitrogens is 1. The van der Waals surface area contributed by atoms with Crippen LogP contribution in [-0.2, 0) is 6.61 Å². The SMILES string of the molecule is NC(=O)c1c(-c2ccc(Cl)cc2Cl)[nH]n2c(=O)c3cc(OCc4ccccc4)ccc3nc12. The summed E-state index contributed by atoms with van der Waals surface area (Å²) in [5.74, 6) is -0.225. The molecule has 2 heterocycles. The van der Waals surface area contributed by atoms with Gasteiger partial charge in [-0.2, -0.15) is 4.52 Å². The third kappa shape index (κ3) is 3.82. The zero-order valence-corrected chi connectivity index (χ0v) is 18.5. The van der Waals surface area contributed by atoms with Gasteiger partial charge in [-0.3, -0.25) is 14.7 Å². The Labute approximate surface area is 197 Å². The van der Waals surface area contributed by atoms with Gasteiger partial charge in [0.1, 0.15) is 17.9 Å². The van der Waals surface area contributed by atoms with Crippen LogP contribution in [0.15, 0.2) is 71.5 Å². The van der Waals surface area contributed by atoms with Gasteiger partial charge < -0.3 is 10.5 Å². The number of primary amides is 1. The molecule has 0 bridgehead atoms. The van der Waals surface area contributed by atoms with Gasteiger partial charge in [0, 0.05) is 10.6 Å². The van der Waals surface area contributed by atoms with Gasteiger partial charge in [-0.25, -0.2) is 4.98 Å². The number of fused-ring (bicyclic) bond motifs is 2. The average Bonchev–Trinajstić information content (AvgIpc) is 3.18. The minimum Gasteiger partial charge on any atom is -0.489 e. The molecule has 5 aromatic rings. The normalized spacial score (nSPS) is 11.2. The summed E-state index contributed by atoms with van der Waals surface area (Å²) in [6, 6.07) is 19.5. The molecule has 164 valence electrons. The first-order valence-electron chi connectivity index (χ1n) is 9.93. The number of aromatic amines is 1. The fourth-order valence-corrected chi connectivity index (χ4v) is 4.17. The first-order chi connectivity index (χ1) is 15.9. The van der Waals surface area contributed by atoms with Crippen LogP contribution in [0.25, 0.3) is 27.8 Å². The monoisotopic (exact) mass is 478 g/mol. The molecule has 7 nitrogen and oxygen atoms in total. The minimum atomic E-state index is -0.746. The van der Waals surface area contributed by atoms with Gasteiger partial charge in [-0.05, 0) is 42.0 Å². The van der Waals surface area contributed by atoms with E-state index in [4.69, 9.17) is 33.7 Å². The van der Waals surface area contributed by atoms with Crippen molar-refractivity contribution in [1.82, 2.24) is 14.6 Å². The summed E-state index contributed by atoms with van der Waals surface area (Å²) in [7, 11) is 0. The van der Waals surface area contributed by atoms with Crippen LogP contribution >= 0.6 is 23.2 Å². The number of nitrogens with one attached hydrogen (secondary N) is 1. The van der Waals surface area contributed by atoms with Gasteiger partial charge in [0.15, 0.2) is 5.65 Å². The maximum atomic E-state index is 13.3. The molecule has 5 rings (SSSR count). The second-order valence-electron chi connectivity index (χ2n) is 7.38. The Hall–Kier alpha value is -3.81. The summed E-state index contributed by atoms with van der Waals surface area (Å²) in [5, 5.41) is 3.99. The number of nitrogens with zero attached hydrogens (tertiary/aromatic N) is 2. The molecule has 0 atom stereocenters. The van der Waals surface area contributed by atoms with Crippen molar-refractivity contribution in [2.24, 2.45) is 5.73 Å². The van der Waals surface area contributed by atoms with Crippen LogP contribution in [0.5, 0.6) is 5.75 Å². The summed E-state index contributed by atoms with van der Waals surface area (Å²) in [4.78, 5) is 30.1. The van der Waals surface area contributed by atoms with Gasteiger partial charge in [-0.1, -0.05) is 53.5 Å². The number of halogens is 2. The van der Waals surface area contributed by atoms with E-state index in [0.29, 0.717) is 38.9 Å². The van der Waals surface area contributed by atoms with Crippen LogP contribution in [0.2, 0.25) is 10.0 Å². The standard InChI is InChI=1S/C24H16Cl2N4O3/c25-14-6-8-16(18(26)10-14)21-20(22(27)31)23-28-19-9-7-15(11-17(19)24(32)30(23)29-21)33-12-13-4-2-1-3-5-13/h1-11,29H,12H2,(H2,27,31). The predicted molar refractivity (Wildman–Crippen MR) is 128 cm³/mol. The van der Waals surface area contributed by atoms with E-state index in [1.807, 2.05) is 30.3 Å². The lowest BCUT2D eigenvalue weighted by Gasteiger charge is -2.07. The van der Waals surface area contributed by atoms with Crippen molar-refractivity contribution < 1.29 is 9.53 Å². The molecule has 0 unspecified atom stereocenters. The van der Waals surface area contributed by atoms with E-state index in [1.54, 1.807) is 30.3 Å². The third-order valence-corrected chi connectivity index (χ3v) is 5.78. The van der Waals surface area contributed by atoms with E-state index in [0.717, 1.165) is 5.56 Å². The highest BCUT2D eigenvalue weighted by atomic mass is 35.5. The number of hydrogen-bond donors (Lipinski definition) is 2. The number of benzene rings is 3. The number of amides is 1. The van der Waals surface area contributed by atoms with Crippen LogP contribution in [-0.4, -0.2) is 20.5 Å². The molecule has 9 heteroatoms. The van der Waals surface area contributed by atoms with Gasteiger partial charge in [0.2, 0.25) is 0 Å². The summed E-state index contributed by atoms with van der Waals surface area (Å²) in [6.07, 6.45) is 0. The van der Waals surface area contributed by atoms with Crippen molar-refractivity contribution in [1.29, 1.82) is 0 Å². The second kappa shape index (κ2) is 8.27. The van der Waals surface area contributed by atoms with Crippen LogP contribution < -0.4 is 16.0 Å². The van der Waals surface area contributed by atoms with Crippen molar-refractivity contribution in [2.75, 3.05) is 0 Å². The highest BCUT2D eigenvalue weighted by Crippen LogP contribution is 2.33. The Balaban J connectivity index is 1.65. The predicted octanol–water partition coefficient (Wildman–Crippen LogP) is 4.83. The largest absolute Gasteiger partial charge is 0.489 e. The molecule has 3 N–H and O–H groups in total. The molecular weight excluding hydrogens is 463 g/mol. The third-order valence-electron chi connectivity index (χ3n) is 5.23. The number of carbonyl (C=O) groups excluding carboxylic acids is 1. The Kier molecular flexibility index (Phi) is 5.28. The van der Waals surface area contributed by atoms with Gasteiger partial charge in [-0.15, -0.1) is 0 Å². The fraction of sp³-hybridized carbons (Fsp3) is 0.0417. The first-order valence-corrected chi connectivity index (χ1v) is 10.7. The molecule has 0 aliphatic heterocycles. The second-order valence-corrected chi connectivity index (χ2v) is 8.22. The van der Waals surface area contributed by atoms with Crippen LogP contribution in [0, 0.1) is 0 Å². The van der Waals surface area contributed by atoms with Gasteiger partial charge >= 0.3 is 0 Å². The minimum absolute atomic E-state index is 0.0580. The van der Waals surface area contributed by atoms with Crippen LogP contribution in [0.4, 0.5) is 0 Å². The quantitative estimate of drug-likeness (QED) is 0.377. The topological polar surface area (TPSA) is 102 Å². The fourth-order valence-electron chi connectivity index (χ4n) is 3.67. The van der Waals surface area contributed by atoms with Crippen molar-refractivity contribution >= 4 is 45.7 Å². The van der Waals surface area contributed by atoms with E-state index in [1.165, 1.54) is 10.6 Å². The number of rotatable bonds is 5. The molecule has 2 aromatic heterocycles. The zero-order valence-electron chi connectivity index (χ0n) is 17.0. The molecule has 33 heavy (non-hydrogen) atoms. The summed E-state index contributed by atoms with van der Waals surface area (Å²) in [6.45, 7) is 0.358. The summed E-state index contributed by atoms with van der Waals surface area (Å²) >= 11 is 12.3. The smallest absolute Gasteiger partial charge is 0.280 e. The molecule has 0 aliphatic rings. The molecule has 3 aromatic carbocycles.